The zero-order chi connectivity index (χ0) is 23.4. The van der Waals surface area contributed by atoms with Gasteiger partial charge in [-0.05, 0) is 83.4 Å². The molecule has 7 nitrogen and oxygen atoms in total. The highest BCUT2D eigenvalue weighted by molar-refractivity contribution is 5.94. The van der Waals surface area contributed by atoms with Crippen molar-refractivity contribution in [2.45, 2.75) is 89.8 Å². The number of carbonyl (C=O) groups is 2. The molecule has 0 radical (unpaired) electrons. The first-order valence-electron chi connectivity index (χ1n) is 11.5. The number of ketones is 1. The van der Waals surface area contributed by atoms with E-state index >= 15 is 0 Å². The van der Waals surface area contributed by atoms with Crippen LogP contribution in [0.5, 0.6) is 5.75 Å². The molecule has 1 aliphatic heterocycles. The summed E-state index contributed by atoms with van der Waals surface area (Å²) in [4.78, 5) is 25.2. The van der Waals surface area contributed by atoms with E-state index in [9.17, 15) is 9.59 Å². The highest BCUT2D eigenvalue weighted by Gasteiger charge is 2.51. The van der Waals surface area contributed by atoms with Crippen LogP contribution in [0.25, 0.3) is 0 Å². The molecule has 1 N–H and O–H groups in total. The van der Waals surface area contributed by atoms with E-state index < -0.39 is 23.3 Å². The van der Waals surface area contributed by atoms with Crippen LogP contribution in [-0.4, -0.2) is 48.9 Å². The van der Waals surface area contributed by atoms with E-state index in [1.165, 1.54) is 0 Å². The fraction of sp³-hybridized carbons (Fsp3) is 0.680. The standard InChI is InChI=1S/C25H37NO6/c1-24(2,3)26-23(28)32-21(22(27)25(4)16-31-25)14-17-6-12-20(13-7-17)30-15-18-8-10-19(29-5)11-9-18/h8-11,17,20-21H,6-7,12-16H2,1-5H3,(H,26,28)/t17?,20?,21-,25+/m0/s1. The molecule has 32 heavy (non-hydrogen) atoms. The third-order valence-electron chi connectivity index (χ3n) is 6.10. The monoisotopic (exact) mass is 447 g/mol. The Morgan fingerprint density at radius 2 is 1.78 bits per heavy atom. The molecule has 178 valence electrons. The van der Waals surface area contributed by atoms with Gasteiger partial charge >= 0.3 is 6.09 Å². The topological polar surface area (TPSA) is 86.4 Å². The van der Waals surface area contributed by atoms with Crippen LogP contribution in [0.15, 0.2) is 24.3 Å². The third kappa shape index (κ3) is 7.20. The summed E-state index contributed by atoms with van der Waals surface area (Å²) >= 11 is 0. The quantitative estimate of drug-likeness (QED) is 0.564. The minimum atomic E-state index is -0.814. The van der Waals surface area contributed by atoms with Gasteiger partial charge in [0.05, 0.1) is 26.4 Å². The Balaban J connectivity index is 1.48. The molecule has 1 amide bonds. The zero-order valence-electron chi connectivity index (χ0n) is 19.9. The lowest BCUT2D eigenvalue weighted by Gasteiger charge is -2.31. The molecule has 1 aromatic rings. The van der Waals surface area contributed by atoms with Gasteiger partial charge < -0.3 is 24.3 Å². The molecule has 0 spiro atoms. The van der Waals surface area contributed by atoms with Gasteiger partial charge in [-0.15, -0.1) is 0 Å². The molecule has 2 aliphatic rings. The second-order valence-corrected chi connectivity index (χ2v) is 10.2. The van der Waals surface area contributed by atoms with Crippen LogP contribution < -0.4 is 10.1 Å². The number of hydrogen-bond donors (Lipinski definition) is 1. The van der Waals surface area contributed by atoms with Crippen molar-refractivity contribution in [2.24, 2.45) is 5.92 Å². The summed E-state index contributed by atoms with van der Waals surface area (Å²) in [5.74, 6) is 1.01. The smallest absolute Gasteiger partial charge is 0.408 e. The highest BCUT2D eigenvalue weighted by atomic mass is 16.6. The first-order valence-corrected chi connectivity index (χ1v) is 11.5. The van der Waals surface area contributed by atoms with Crippen LogP contribution in [0.1, 0.15) is 65.4 Å². The zero-order valence-corrected chi connectivity index (χ0v) is 19.9. The predicted octanol–water partition coefficient (Wildman–Crippen LogP) is 4.41. The van der Waals surface area contributed by atoms with Crippen molar-refractivity contribution in [3.8, 4) is 5.75 Å². The molecule has 0 aromatic heterocycles. The molecular weight excluding hydrogens is 410 g/mol. The number of amides is 1. The van der Waals surface area contributed by atoms with Crippen molar-refractivity contribution in [1.29, 1.82) is 0 Å². The van der Waals surface area contributed by atoms with E-state index in [1.54, 1.807) is 14.0 Å². The second-order valence-electron chi connectivity index (χ2n) is 10.2. The Kier molecular flexibility index (Phi) is 7.83. The van der Waals surface area contributed by atoms with E-state index in [0.29, 0.717) is 25.6 Å². The molecule has 3 rings (SSSR count). The molecule has 0 unspecified atom stereocenters. The number of methoxy groups -OCH3 is 1. The van der Waals surface area contributed by atoms with Crippen molar-refractivity contribution in [1.82, 2.24) is 5.32 Å². The van der Waals surface area contributed by atoms with Crippen molar-refractivity contribution < 1.29 is 28.5 Å². The average molecular weight is 448 g/mol. The number of benzene rings is 1. The largest absolute Gasteiger partial charge is 0.497 e. The van der Waals surface area contributed by atoms with E-state index in [4.69, 9.17) is 18.9 Å². The number of hydrogen-bond acceptors (Lipinski definition) is 6. The minimum Gasteiger partial charge on any atom is -0.497 e. The van der Waals surface area contributed by atoms with E-state index in [0.717, 1.165) is 37.0 Å². The normalized spacial score (nSPS) is 26.2. The molecule has 2 fully saturated rings. The van der Waals surface area contributed by atoms with Crippen molar-refractivity contribution >= 4 is 11.9 Å². The maximum Gasteiger partial charge on any atom is 0.408 e. The molecule has 1 heterocycles. The van der Waals surface area contributed by atoms with Gasteiger partial charge in [0.15, 0.2) is 11.7 Å². The Bertz CT molecular complexity index is 773. The first-order chi connectivity index (χ1) is 15.1. The molecule has 7 heteroatoms. The van der Waals surface area contributed by atoms with Crippen LogP contribution in [-0.2, 0) is 25.6 Å². The molecule has 1 aliphatic carbocycles. The molecule has 1 aromatic carbocycles. The van der Waals surface area contributed by atoms with Crippen LogP contribution in [0.3, 0.4) is 0 Å². The van der Waals surface area contributed by atoms with Crippen LogP contribution in [0, 0.1) is 5.92 Å². The number of Topliss-reactive ketones (excluding diaryl/α,β-unsaturated/α-hetero) is 1. The predicted molar refractivity (Wildman–Crippen MR) is 121 cm³/mol. The number of epoxide rings is 1. The van der Waals surface area contributed by atoms with Gasteiger partial charge in [0.25, 0.3) is 0 Å². The first kappa shape index (κ1) is 24.5. The maximum atomic E-state index is 12.9. The number of ether oxygens (including phenoxy) is 4. The Labute approximate surface area is 191 Å². The van der Waals surface area contributed by atoms with E-state index in [-0.39, 0.29) is 11.9 Å². The van der Waals surface area contributed by atoms with Crippen molar-refractivity contribution in [3.05, 3.63) is 29.8 Å². The van der Waals surface area contributed by atoms with E-state index in [1.807, 2.05) is 45.0 Å². The van der Waals surface area contributed by atoms with Gasteiger partial charge in [0.2, 0.25) is 5.78 Å². The Hall–Kier alpha value is -2.12. The molecular formula is C25H37NO6. The maximum absolute atomic E-state index is 12.9. The summed E-state index contributed by atoms with van der Waals surface area (Å²) in [6.07, 6.45) is 3.14. The fourth-order valence-corrected chi connectivity index (χ4v) is 4.04. The van der Waals surface area contributed by atoms with Gasteiger partial charge in [-0.3, -0.25) is 4.79 Å². The van der Waals surface area contributed by atoms with E-state index in [2.05, 4.69) is 5.32 Å². The van der Waals surface area contributed by atoms with Crippen LogP contribution in [0.2, 0.25) is 0 Å². The van der Waals surface area contributed by atoms with Gasteiger partial charge in [0.1, 0.15) is 5.75 Å². The van der Waals surface area contributed by atoms with Gasteiger partial charge in [0, 0.05) is 5.54 Å². The van der Waals surface area contributed by atoms with Gasteiger partial charge in [-0.2, -0.15) is 0 Å². The van der Waals surface area contributed by atoms with Crippen molar-refractivity contribution in [2.75, 3.05) is 13.7 Å². The molecule has 2 atom stereocenters. The second kappa shape index (κ2) is 10.2. The summed E-state index contributed by atoms with van der Waals surface area (Å²) in [5.41, 5.74) is -0.121. The van der Waals surface area contributed by atoms with Gasteiger partial charge in [-0.25, -0.2) is 4.79 Å². The number of rotatable bonds is 9. The van der Waals surface area contributed by atoms with Gasteiger partial charge in [-0.1, -0.05) is 12.1 Å². The molecule has 1 saturated carbocycles. The Morgan fingerprint density at radius 1 is 1.16 bits per heavy atom. The summed E-state index contributed by atoms with van der Waals surface area (Å²) in [6, 6.07) is 7.90. The lowest BCUT2D eigenvalue weighted by Crippen LogP contribution is -2.45. The summed E-state index contributed by atoms with van der Waals surface area (Å²) in [6.45, 7) is 8.36. The van der Waals surface area contributed by atoms with Crippen molar-refractivity contribution in [3.63, 3.8) is 0 Å². The lowest BCUT2D eigenvalue weighted by atomic mass is 9.82. The molecule has 1 saturated heterocycles. The Morgan fingerprint density at radius 3 is 2.31 bits per heavy atom. The molecule has 0 bridgehead atoms. The lowest BCUT2D eigenvalue weighted by molar-refractivity contribution is -0.133. The number of nitrogens with one attached hydrogen (secondary N) is 1. The van der Waals surface area contributed by atoms with Crippen LogP contribution >= 0.6 is 0 Å². The number of alkyl carbamates (subject to hydrolysis) is 1. The SMILES string of the molecule is COc1ccc(COC2CCC(C[C@H](OC(=O)NC(C)(C)C)C(=O)[C@@]3(C)CO3)CC2)cc1. The summed E-state index contributed by atoms with van der Waals surface area (Å²) in [7, 11) is 1.65. The average Bonchev–Trinajstić information content (AvgIpc) is 3.50. The number of carbonyl (C=O) groups excluding carboxylic acids is 2. The summed E-state index contributed by atoms with van der Waals surface area (Å²) < 4.78 is 22.2. The van der Waals surface area contributed by atoms with Crippen LogP contribution in [0.4, 0.5) is 4.79 Å². The highest BCUT2D eigenvalue weighted by Crippen LogP contribution is 2.35. The minimum absolute atomic E-state index is 0.139. The third-order valence-corrected chi connectivity index (χ3v) is 6.10. The fourth-order valence-electron chi connectivity index (χ4n) is 4.04. The summed E-state index contributed by atoms with van der Waals surface area (Å²) in [5, 5.41) is 2.78.